The van der Waals surface area contributed by atoms with Crippen molar-refractivity contribution >= 4 is 27.3 Å². The molecule has 1 aromatic carbocycles. The number of aryl methyl sites for hydroxylation is 1. The quantitative estimate of drug-likeness (QED) is 0.927. The number of hydrogen-bond acceptors (Lipinski definition) is 3. The Kier molecular flexibility index (Phi) is 4.32. The zero-order valence-corrected chi connectivity index (χ0v) is 12.7. The number of rotatable bonds is 4. The Morgan fingerprint density at radius 1 is 1.40 bits per heavy atom. The van der Waals surface area contributed by atoms with E-state index in [0.29, 0.717) is 30.8 Å². The van der Waals surface area contributed by atoms with Gasteiger partial charge in [-0.3, -0.25) is 9.10 Å². The summed E-state index contributed by atoms with van der Waals surface area (Å²) in [4.78, 5) is 11.7. The fourth-order valence-electron chi connectivity index (χ4n) is 2.27. The molecule has 0 aliphatic carbocycles. The van der Waals surface area contributed by atoms with E-state index >= 15 is 0 Å². The Labute approximate surface area is 120 Å². The van der Waals surface area contributed by atoms with Crippen LogP contribution in [0.25, 0.3) is 0 Å². The molecule has 0 bridgehead atoms. The summed E-state index contributed by atoms with van der Waals surface area (Å²) in [5.41, 5.74) is 2.23. The molecule has 0 saturated carbocycles. The maximum atomic E-state index is 11.9. The van der Waals surface area contributed by atoms with Gasteiger partial charge >= 0.3 is 0 Å². The van der Waals surface area contributed by atoms with E-state index in [0.717, 1.165) is 12.0 Å². The highest BCUT2D eigenvalue weighted by atomic mass is 32.2. The van der Waals surface area contributed by atoms with Crippen LogP contribution in [0.15, 0.2) is 18.2 Å². The largest absolute Gasteiger partial charge is 0.326 e. The summed E-state index contributed by atoms with van der Waals surface area (Å²) in [5.74, 6) is 0.148. The molecule has 20 heavy (non-hydrogen) atoms. The van der Waals surface area contributed by atoms with E-state index in [1.54, 1.807) is 12.1 Å². The van der Waals surface area contributed by atoms with E-state index in [4.69, 9.17) is 0 Å². The molecule has 0 unspecified atom stereocenters. The van der Waals surface area contributed by atoms with Crippen LogP contribution in [-0.2, 0) is 14.8 Å². The average molecular weight is 296 g/mol. The molecule has 1 fully saturated rings. The number of hydrogen-bond donors (Lipinski definition) is 1. The number of sulfonamides is 1. The Morgan fingerprint density at radius 2 is 2.15 bits per heavy atom. The van der Waals surface area contributed by atoms with Gasteiger partial charge in [0.05, 0.1) is 11.4 Å². The minimum absolute atomic E-state index is 0.0444. The number of amides is 1. The predicted octanol–water partition coefficient (Wildman–Crippen LogP) is 2.27. The van der Waals surface area contributed by atoms with Crippen LogP contribution in [-0.4, -0.2) is 26.6 Å². The summed E-state index contributed by atoms with van der Waals surface area (Å²) in [6, 6.07) is 5.37. The predicted molar refractivity (Wildman–Crippen MR) is 80.5 cm³/mol. The fourth-order valence-corrected chi connectivity index (χ4v) is 3.83. The maximum Gasteiger partial charge on any atom is 0.235 e. The molecule has 0 aromatic heterocycles. The van der Waals surface area contributed by atoms with Gasteiger partial charge in [-0.25, -0.2) is 8.42 Å². The molecule has 0 radical (unpaired) electrons. The lowest BCUT2D eigenvalue weighted by Crippen LogP contribution is -2.25. The van der Waals surface area contributed by atoms with Crippen molar-refractivity contribution in [3.63, 3.8) is 0 Å². The normalized spacial score (nSPS) is 17.2. The maximum absolute atomic E-state index is 11.9. The first-order valence-electron chi connectivity index (χ1n) is 6.85. The van der Waals surface area contributed by atoms with Crippen molar-refractivity contribution in [3.8, 4) is 0 Å². The molecule has 110 valence electrons. The van der Waals surface area contributed by atoms with Crippen molar-refractivity contribution in [2.45, 2.75) is 33.1 Å². The van der Waals surface area contributed by atoms with Gasteiger partial charge < -0.3 is 5.32 Å². The lowest BCUT2D eigenvalue weighted by atomic mass is 10.1. The Hall–Kier alpha value is -1.56. The van der Waals surface area contributed by atoms with Crippen molar-refractivity contribution in [1.29, 1.82) is 0 Å². The molecular weight excluding hydrogens is 276 g/mol. The second-order valence-corrected chi connectivity index (χ2v) is 7.05. The Bertz CT molecular complexity index is 611. The highest BCUT2D eigenvalue weighted by Gasteiger charge is 2.28. The highest BCUT2D eigenvalue weighted by molar-refractivity contribution is 7.93. The smallest absolute Gasteiger partial charge is 0.235 e. The zero-order chi connectivity index (χ0) is 14.8. The van der Waals surface area contributed by atoms with Gasteiger partial charge in [0.15, 0.2) is 0 Å². The minimum Gasteiger partial charge on any atom is -0.326 e. The third-order valence-corrected chi connectivity index (χ3v) is 5.23. The second-order valence-electron chi connectivity index (χ2n) is 5.04. The molecule has 0 spiro atoms. The molecular formula is C14H20N2O3S. The zero-order valence-electron chi connectivity index (χ0n) is 11.8. The third-order valence-electron chi connectivity index (χ3n) is 3.36. The van der Waals surface area contributed by atoms with Gasteiger partial charge in [0, 0.05) is 18.7 Å². The first-order valence-corrected chi connectivity index (χ1v) is 8.46. The molecule has 5 nitrogen and oxygen atoms in total. The Balaban J connectivity index is 2.27. The molecule has 1 aliphatic heterocycles. The van der Waals surface area contributed by atoms with E-state index in [1.807, 2.05) is 19.9 Å². The van der Waals surface area contributed by atoms with Crippen molar-refractivity contribution < 1.29 is 13.2 Å². The van der Waals surface area contributed by atoms with Crippen molar-refractivity contribution in [3.05, 3.63) is 23.8 Å². The molecule has 1 amide bonds. The molecule has 0 atom stereocenters. The van der Waals surface area contributed by atoms with Crippen LogP contribution in [0.5, 0.6) is 0 Å². The topological polar surface area (TPSA) is 66.5 Å². The number of carbonyl (C=O) groups excluding carboxylic acids is 1. The first-order chi connectivity index (χ1) is 9.44. The molecule has 1 saturated heterocycles. The van der Waals surface area contributed by atoms with E-state index in [1.165, 1.54) is 4.31 Å². The fraction of sp³-hybridized carbons (Fsp3) is 0.500. The monoisotopic (exact) mass is 296 g/mol. The highest BCUT2D eigenvalue weighted by Crippen LogP contribution is 2.28. The van der Waals surface area contributed by atoms with Gasteiger partial charge in [0.25, 0.3) is 0 Å². The Morgan fingerprint density at radius 3 is 2.75 bits per heavy atom. The van der Waals surface area contributed by atoms with Gasteiger partial charge in [-0.2, -0.15) is 0 Å². The minimum atomic E-state index is -3.19. The summed E-state index contributed by atoms with van der Waals surface area (Å²) in [6.07, 6.45) is 1.89. The van der Waals surface area contributed by atoms with Gasteiger partial charge in [0.1, 0.15) is 0 Å². The van der Waals surface area contributed by atoms with Crippen LogP contribution in [0.4, 0.5) is 11.4 Å². The van der Waals surface area contributed by atoms with E-state index in [9.17, 15) is 13.2 Å². The van der Waals surface area contributed by atoms with Crippen molar-refractivity contribution in [2.24, 2.45) is 0 Å². The number of nitrogens with zero attached hydrogens (tertiary/aromatic N) is 1. The third kappa shape index (κ3) is 3.12. The summed E-state index contributed by atoms with van der Waals surface area (Å²) in [6.45, 7) is 4.34. The molecule has 2 rings (SSSR count). The van der Waals surface area contributed by atoms with Crippen LogP contribution >= 0.6 is 0 Å². The van der Waals surface area contributed by atoms with Crippen molar-refractivity contribution in [2.75, 3.05) is 21.9 Å². The molecule has 1 aliphatic rings. The standard InChI is InChI=1S/C14H20N2O3S/c1-3-5-14(17)15-13-10-12(7-6-11(13)2)16-8-4-9-20(16,18)19/h6-7,10H,3-5,8-9H2,1-2H3,(H,15,17). The SMILES string of the molecule is CCCC(=O)Nc1cc(N2CCCS2(=O)=O)ccc1C. The number of anilines is 2. The summed E-state index contributed by atoms with van der Waals surface area (Å²) >= 11 is 0. The van der Waals surface area contributed by atoms with E-state index in [2.05, 4.69) is 5.32 Å². The molecule has 1 heterocycles. The van der Waals surface area contributed by atoms with Crippen LogP contribution in [0, 0.1) is 6.92 Å². The second kappa shape index (κ2) is 5.83. The number of carbonyl (C=O) groups is 1. The van der Waals surface area contributed by atoms with Crippen LogP contribution < -0.4 is 9.62 Å². The van der Waals surface area contributed by atoms with Crippen LogP contribution in [0.1, 0.15) is 31.7 Å². The van der Waals surface area contributed by atoms with E-state index < -0.39 is 10.0 Å². The van der Waals surface area contributed by atoms with Crippen LogP contribution in [0.2, 0.25) is 0 Å². The first kappa shape index (κ1) is 14.8. The summed E-state index contributed by atoms with van der Waals surface area (Å²) in [7, 11) is -3.19. The van der Waals surface area contributed by atoms with Crippen LogP contribution in [0.3, 0.4) is 0 Å². The average Bonchev–Trinajstić information content (AvgIpc) is 2.72. The van der Waals surface area contributed by atoms with Gasteiger partial charge in [-0.15, -0.1) is 0 Å². The van der Waals surface area contributed by atoms with Gasteiger partial charge in [-0.1, -0.05) is 13.0 Å². The molecule has 1 aromatic rings. The summed E-state index contributed by atoms with van der Waals surface area (Å²) < 4.78 is 25.3. The van der Waals surface area contributed by atoms with E-state index in [-0.39, 0.29) is 11.7 Å². The van der Waals surface area contributed by atoms with Gasteiger partial charge in [0.2, 0.25) is 15.9 Å². The van der Waals surface area contributed by atoms with Crippen molar-refractivity contribution in [1.82, 2.24) is 0 Å². The van der Waals surface area contributed by atoms with Gasteiger partial charge in [-0.05, 0) is 37.5 Å². The lowest BCUT2D eigenvalue weighted by Gasteiger charge is -2.19. The summed E-state index contributed by atoms with van der Waals surface area (Å²) in [5, 5.41) is 2.84. The lowest BCUT2D eigenvalue weighted by molar-refractivity contribution is -0.116. The number of nitrogens with one attached hydrogen (secondary N) is 1. The molecule has 6 heteroatoms. The number of benzene rings is 1. The molecule has 1 N–H and O–H groups in total.